The molecule has 27 heavy (non-hydrogen) atoms. The number of aromatic hydroxyl groups is 1. The molecule has 2 heterocycles. The Hall–Kier alpha value is -3.08. The molecule has 1 amide bonds. The average Bonchev–Trinajstić information content (AvgIpc) is 2.96. The molecule has 5 heteroatoms. The van der Waals surface area contributed by atoms with Gasteiger partial charge in [0.1, 0.15) is 11.3 Å². The van der Waals surface area contributed by atoms with E-state index in [0.29, 0.717) is 23.1 Å². The van der Waals surface area contributed by atoms with Crippen molar-refractivity contribution < 1.29 is 14.3 Å². The van der Waals surface area contributed by atoms with Crippen molar-refractivity contribution >= 4 is 16.9 Å². The van der Waals surface area contributed by atoms with Crippen molar-refractivity contribution in [3.05, 3.63) is 75.6 Å². The summed E-state index contributed by atoms with van der Waals surface area (Å²) >= 11 is 0. The second-order valence-electron chi connectivity index (χ2n) is 6.87. The number of rotatable bonds is 5. The Labute approximate surface area is 156 Å². The average molecular weight is 363 g/mol. The summed E-state index contributed by atoms with van der Waals surface area (Å²) in [4.78, 5) is 28.0. The molecule has 5 nitrogen and oxygen atoms in total. The van der Waals surface area contributed by atoms with E-state index in [-0.39, 0.29) is 22.8 Å². The molecular weight excluding hydrogens is 342 g/mol. The molecule has 0 aliphatic carbocycles. The second-order valence-corrected chi connectivity index (χ2v) is 6.87. The number of para-hydroxylation sites is 1. The van der Waals surface area contributed by atoms with Gasteiger partial charge in [0.05, 0.1) is 17.0 Å². The van der Waals surface area contributed by atoms with E-state index < -0.39 is 6.04 Å². The number of carbonyl (C=O) groups excluding carboxylic acids is 1. The summed E-state index contributed by atoms with van der Waals surface area (Å²) < 4.78 is 5.87. The summed E-state index contributed by atoms with van der Waals surface area (Å²) in [5, 5.41) is 10.1. The van der Waals surface area contributed by atoms with Gasteiger partial charge in [-0.3, -0.25) is 9.59 Å². The van der Waals surface area contributed by atoms with E-state index in [1.54, 1.807) is 53.4 Å². The third-order valence-electron chi connectivity index (χ3n) is 5.08. The van der Waals surface area contributed by atoms with E-state index in [1.807, 2.05) is 0 Å². The van der Waals surface area contributed by atoms with Gasteiger partial charge < -0.3 is 14.4 Å². The minimum absolute atomic E-state index is 0.133. The first kappa shape index (κ1) is 17.3. The summed E-state index contributed by atoms with van der Waals surface area (Å²) in [7, 11) is 0. The van der Waals surface area contributed by atoms with Gasteiger partial charge in [-0.05, 0) is 36.2 Å². The molecule has 4 rings (SSSR count). The number of hydrogen-bond acceptors (Lipinski definition) is 4. The Balaban J connectivity index is 1.90. The van der Waals surface area contributed by atoms with Gasteiger partial charge in [0.15, 0.2) is 5.43 Å². The molecule has 2 aromatic carbocycles. The third kappa shape index (κ3) is 2.89. The maximum absolute atomic E-state index is 13.2. The lowest BCUT2D eigenvalue weighted by Gasteiger charge is -2.25. The maximum Gasteiger partial charge on any atom is 0.290 e. The molecule has 0 spiro atoms. The Bertz CT molecular complexity index is 1050. The van der Waals surface area contributed by atoms with Crippen LogP contribution in [0.3, 0.4) is 0 Å². The molecule has 0 fully saturated rings. The number of unbranched alkanes of at least 4 members (excludes halogenated alkanes) is 2. The van der Waals surface area contributed by atoms with Crippen LogP contribution in [0.15, 0.2) is 57.7 Å². The predicted octanol–water partition coefficient (Wildman–Crippen LogP) is 4.23. The zero-order chi connectivity index (χ0) is 19.0. The lowest BCUT2D eigenvalue weighted by atomic mass is 9.98. The number of amides is 1. The van der Waals surface area contributed by atoms with Crippen molar-refractivity contribution in [3.8, 4) is 5.75 Å². The smallest absolute Gasteiger partial charge is 0.290 e. The molecule has 0 bridgehead atoms. The molecular formula is C22H21NO4. The van der Waals surface area contributed by atoms with Gasteiger partial charge in [0.2, 0.25) is 5.76 Å². The number of carbonyl (C=O) groups is 1. The van der Waals surface area contributed by atoms with Crippen LogP contribution in [0, 0.1) is 0 Å². The molecule has 1 aromatic heterocycles. The lowest BCUT2D eigenvalue weighted by Crippen LogP contribution is -2.30. The van der Waals surface area contributed by atoms with Crippen molar-refractivity contribution in [1.29, 1.82) is 0 Å². The number of phenolic OH excluding ortho intramolecular Hbond substituents is 1. The number of hydrogen-bond donors (Lipinski definition) is 1. The fourth-order valence-electron chi connectivity index (χ4n) is 3.73. The highest BCUT2D eigenvalue weighted by molar-refractivity contribution is 5.99. The molecule has 0 saturated carbocycles. The zero-order valence-electron chi connectivity index (χ0n) is 15.1. The first-order valence-electron chi connectivity index (χ1n) is 9.27. The zero-order valence-corrected chi connectivity index (χ0v) is 15.1. The Morgan fingerprint density at radius 3 is 2.52 bits per heavy atom. The summed E-state index contributed by atoms with van der Waals surface area (Å²) in [5.41, 5.74) is 1.44. The summed E-state index contributed by atoms with van der Waals surface area (Å²) in [6, 6.07) is 13.2. The highest BCUT2D eigenvalue weighted by Crippen LogP contribution is 2.38. The van der Waals surface area contributed by atoms with E-state index in [9.17, 15) is 14.7 Å². The van der Waals surface area contributed by atoms with Gasteiger partial charge in [0.25, 0.3) is 5.91 Å². The quantitative estimate of drug-likeness (QED) is 0.689. The van der Waals surface area contributed by atoms with Crippen LogP contribution in [0.1, 0.15) is 53.9 Å². The Kier molecular flexibility index (Phi) is 4.44. The molecule has 1 N–H and O–H groups in total. The monoisotopic (exact) mass is 363 g/mol. The van der Waals surface area contributed by atoms with Crippen LogP contribution < -0.4 is 5.43 Å². The summed E-state index contributed by atoms with van der Waals surface area (Å²) in [5.74, 6) is 0.0293. The van der Waals surface area contributed by atoms with Crippen LogP contribution in [0.4, 0.5) is 0 Å². The maximum atomic E-state index is 13.2. The number of phenols is 1. The normalized spacial score (nSPS) is 16.1. The van der Waals surface area contributed by atoms with Gasteiger partial charge in [0, 0.05) is 6.54 Å². The van der Waals surface area contributed by atoms with E-state index in [1.165, 1.54) is 0 Å². The molecule has 1 aliphatic rings. The van der Waals surface area contributed by atoms with Crippen molar-refractivity contribution in [2.24, 2.45) is 0 Å². The second kappa shape index (κ2) is 6.91. The highest BCUT2D eigenvalue weighted by atomic mass is 16.3. The van der Waals surface area contributed by atoms with Crippen molar-refractivity contribution in [3.63, 3.8) is 0 Å². The van der Waals surface area contributed by atoms with Crippen LogP contribution in [-0.4, -0.2) is 22.5 Å². The van der Waals surface area contributed by atoms with Crippen LogP contribution >= 0.6 is 0 Å². The highest BCUT2D eigenvalue weighted by Gasteiger charge is 2.42. The molecule has 3 aromatic rings. The van der Waals surface area contributed by atoms with Crippen molar-refractivity contribution in [2.45, 2.75) is 32.2 Å². The first-order valence-corrected chi connectivity index (χ1v) is 9.27. The van der Waals surface area contributed by atoms with Gasteiger partial charge >= 0.3 is 0 Å². The number of fused-ring (bicyclic) bond motifs is 2. The predicted molar refractivity (Wildman–Crippen MR) is 103 cm³/mol. The minimum Gasteiger partial charge on any atom is -0.508 e. The van der Waals surface area contributed by atoms with E-state index in [4.69, 9.17) is 4.42 Å². The fourth-order valence-corrected chi connectivity index (χ4v) is 3.73. The molecule has 0 saturated heterocycles. The van der Waals surface area contributed by atoms with E-state index in [0.717, 1.165) is 24.8 Å². The third-order valence-corrected chi connectivity index (χ3v) is 5.08. The summed E-state index contributed by atoms with van der Waals surface area (Å²) in [6.07, 6.45) is 2.91. The largest absolute Gasteiger partial charge is 0.508 e. The topological polar surface area (TPSA) is 70.8 Å². The van der Waals surface area contributed by atoms with Crippen LogP contribution in [-0.2, 0) is 0 Å². The van der Waals surface area contributed by atoms with Gasteiger partial charge in [-0.2, -0.15) is 0 Å². The molecule has 138 valence electrons. The van der Waals surface area contributed by atoms with Gasteiger partial charge in [-0.1, -0.05) is 44.0 Å². The van der Waals surface area contributed by atoms with Gasteiger partial charge in [-0.15, -0.1) is 0 Å². The molecule has 0 radical (unpaired) electrons. The molecule has 1 unspecified atom stereocenters. The SMILES string of the molecule is CCCCCN1C(=O)c2oc3ccccc3c(=O)c2C1c1ccc(O)cc1. The van der Waals surface area contributed by atoms with Crippen LogP contribution in [0.2, 0.25) is 0 Å². The van der Waals surface area contributed by atoms with Crippen LogP contribution in [0.25, 0.3) is 11.0 Å². The van der Waals surface area contributed by atoms with E-state index >= 15 is 0 Å². The molecule has 1 aliphatic heterocycles. The number of benzene rings is 2. The lowest BCUT2D eigenvalue weighted by molar-refractivity contribution is 0.0725. The van der Waals surface area contributed by atoms with Crippen LogP contribution in [0.5, 0.6) is 5.75 Å². The first-order chi connectivity index (χ1) is 13.1. The van der Waals surface area contributed by atoms with Crippen molar-refractivity contribution in [1.82, 2.24) is 4.90 Å². The Morgan fingerprint density at radius 1 is 1.04 bits per heavy atom. The minimum atomic E-state index is -0.495. The van der Waals surface area contributed by atoms with Crippen molar-refractivity contribution in [2.75, 3.05) is 6.54 Å². The van der Waals surface area contributed by atoms with E-state index in [2.05, 4.69) is 6.92 Å². The fraction of sp³-hybridized carbons (Fsp3) is 0.273. The molecule has 1 atom stereocenters. The standard InChI is InChI=1S/C22H21NO4/c1-2-3-6-13-23-19(14-9-11-15(24)12-10-14)18-20(25)16-7-4-5-8-17(16)27-21(18)22(23)26/h4-5,7-12,19,24H,2-3,6,13H2,1H3. The van der Waals surface area contributed by atoms with Gasteiger partial charge in [-0.25, -0.2) is 0 Å². The summed E-state index contributed by atoms with van der Waals surface area (Å²) in [6.45, 7) is 2.66. The Morgan fingerprint density at radius 2 is 1.78 bits per heavy atom. The number of nitrogens with zero attached hydrogens (tertiary/aromatic N) is 1.